The van der Waals surface area contributed by atoms with Gasteiger partial charge in [0, 0.05) is 33.0 Å². The van der Waals surface area contributed by atoms with Gasteiger partial charge in [-0.3, -0.25) is 20.0 Å². The molecule has 0 aliphatic carbocycles. The molecule has 276 valence electrons. The lowest BCUT2D eigenvalue weighted by Crippen LogP contribution is -2.53. The fourth-order valence-electron chi connectivity index (χ4n) is 8.94. The van der Waals surface area contributed by atoms with Crippen LogP contribution in [0.1, 0.15) is 69.2 Å². The Morgan fingerprint density at radius 3 is 1.47 bits per heavy atom. The summed E-state index contributed by atoms with van der Waals surface area (Å²) in [6, 6.07) is 37.3. The highest BCUT2D eigenvalue weighted by molar-refractivity contribution is 6.19. The number of nitrogens with zero attached hydrogens (tertiary/aromatic N) is 7. The van der Waals surface area contributed by atoms with Crippen LogP contribution >= 0.6 is 0 Å². The van der Waals surface area contributed by atoms with Crippen molar-refractivity contribution >= 4 is 55.6 Å². The molecule has 0 spiro atoms. The number of hydrogen-bond acceptors (Lipinski definition) is 6. The molecule has 0 atom stereocenters. The van der Waals surface area contributed by atoms with Crippen molar-refractivity contribution in [1.82, 2.24) is 14.5 Å². The van der Waals surface area contributed by atoms with Crippen LogP contribution in [0.25, 0.3) is 60.8 Å². The first-order valence-corrected chi connectivity index (χ1v) is 19.3. The highest BCUT2D eigenvalue weighted by atomic mass is 15.3. The molecule has 7 heteroatoms. The Bertz CT molecular complexity index is 2710. The van der Waals surface area contributed by atoms with Gasteiger partial charge in [0.2, 0.25) is 0 Å². The molecule has 0 amide bonds. The highest BCUT2D eigenvalue weighted by Crippen LogP contribution is 2.43. The number of fused-ring (bicyclic) bond motifs is 5. The van der Waals surface area contributed by atoms with Crippen LogP contribution < -0.4 is 9.80 Å². The van der Waals surface area contributed by atoms with E-state index in [1.165, 1.54) is 27.1 Å². The predicted molar refractivity (Wildman–Crippen MR) is 232 cm³/mol. The van der Waals surface area contributed by atoms with E-state index in [4.69, 9.17) is 20.0 Å². The third-order valence-electron chi connectivity index (χ3n) is 13.0. The summed E-state index contributed by atoms with van der Waals surface area (Å²) < 4.78 is 2.41. The standard InChI is InChI=1S/C48H49N7/c1-30-51-45(3,4)47(7,8)54(30)36-19-24-41(49-28-36)33-17-21-38-32(26-33)16-23-40-39-22-18-34(27-43(39)53(44(38)40)35-14-12-11-13-15-35)42-25-20-37(29-50-42)55-31(2)52-46(5,6)48(55,9)10/h11-29H,1-10H3. The topological polar surface area (TPSA) is 61.9 Å². The van der Waals surface area contributed by atoms with Gasteiger partial charge in [-0.1, -0.05) is 54.6 Å². The molecule has 7 aromatic rings. The Morgan fingerprint density at radius 1 is 0.473 bits per heavy atom. The van der Waals surface area contributed by atoms with E-state index in [1.54, 1.807) is 0 Å². The molecule has 2 aliphatic heterocycles. The quantitative estimate of drug-likeness (QED) is 0.177. The third-order valence-corrected chi connectivity index (χ3v) is 13.0. The Hall–Kier alpha value is -5.82. The maximum Gasteiger partial charge on any atom is 0.102 e. The van der Waals surface area contributed by atoms with Crippen LogP contribution in [0.4, 0.5) is 11.4 Å². The van der Waals surface area contributed by atoms with Crippen LogP contribution in [0.3, 0.4) is 0 Å². The average Bonchev–Trinajstić information content (AvgIpc) is 3.63. The summed E-state index contributed by atoms with van der Waals surface area (Å²) in [5, 5.41) is 4.80. The van der Waals surface area contributed by atoms with E-state index in [-0.39, 0.29) is 22.2 Å². The summed E-state index contributed by atoms with van der Waals surface area (Å²) in [4.78, 5) is 24.6. The zero-order chi connectivity index (χ0) is 38.7. The van der Waals surface area contributed by atoms with Crippen LogP contribution in [-0.2, 0) is 0 Å². The van der Waals surface area contributed by atoms with Gasteiger partial charge in [0.15, 0.2) is 0 Å². The van der Waals surface area contributed by atoms with Gasteiger partial charge in [0.1, 0.15) is 11.7 Å². The normalized spacial score (nSPS) is 18.4. The zero-order valence-electron chi connectivity index (χ0n) is 33.6. The lowest BCUT2D eigenvalue weighted by Gasteiger charge is -2.41. The van der Waals surface area contributed by atoms with Crippen LogP contribution in [0, 0.1) is 0 Å². The second kappa shape index (κ2) is 11.8. The molecule has 0 radical (unpaired) electrons. The van der Waals surface area contributed by atoms with Gasteiger partial charge in [-0.2, -0.15) is 0 Å². The number of aliphatic imine (C=N–C) groups is 2. The van der Waals surface area contributed by atoms with Crippen molar-refractivity contribution in [1.29, 1.82) is 0 Å². The molecule has 0 saturated carbocycles. The van der Waals surface area contributed by atoms with Gasteiger partial charge in [-0.05, 0) is 123 Å². The van der Waals surface area contributed by atoms with Crippen molar-refractivity contribution < 1.29 is 0 Å². The second-order valence-corrected chi connectivity index (χ2v) is 17.3. The highest BCUT2D eigenvalue weighted by Gasteiger charge is 2.49. The number of anilines is 2. The summed E-state index contributed by atoms with van der Waals surface area (Å²) in [6.45, 7) is 22.0. The molecule has 4 aromatic carbocycles. The second-order valence-electron chi connectivity index (χ2n) is 17.3. The SMILES string of the molecule is CC1=NC(C)(C)C(C)(C)N1c1ccc(-c2ccc3c(ccc4c5ccc(-c6ccc(N7C(C)=NC(C)(C)C7(C)C)cn6)cc5n(-c5ccccc5)c34)c2)nc1. The Balaban J connectivity index is 1.12. The van der Waals surface area contributed by atoms with Crippen LogP contribution in [0.15, 0.2) is 126 Å². The number of pyridine rings is 2. The first-order valence-electron chi connectivity index (χ1n) is 19.3. The van der Waals surface area contributed by atoms with Crippen molar-refractivity contribution in [3.63, 3.8) is 0 Å². The minimum Gasteiger partial charge on any atom is -0.321 e. The van der Waals surface area contributed by atoms with Crippen LogP contribution in [0.5, 0.6) is 0 Å². The van der Waals surface area contributed by atoms with Gasteiger partial charge in [-0.25, -0.2) is 0 Å². The van der Waals surface area contributed by atoms with E-state index in [0.29, 0.717) is 0 Å². The van der Waals surface area contributed by atoms with E-state index in [2.05, 4.69) is 187 Å². The molecule has 0 bridgehead atoms. The summed E-state index contributed by atoms with van der Waals surface area (Å²) >= 11 is 0. The minimum atomic E-state index is -0.197. The fourth-order valence-corrected chi connectivity index (χ4v) is 8.94. The van der Waals surface area contributed by atoms with E-state index in [1.807, 2.05) is 12.4 Å². The fraction of sp³-hybridized carbons (Fsp3) is 0.292. The van der Waals surface area contributed by atoms with Crippen LogP contribution in [0.2, 0.25) is 0 Å². The summed E-state index contributed by atoms with van der Waals surface area (Å²) in [5.74, 6) is 2.04. The molecular weight excluding hydrogens is 675 g/mol. The Morgan fingerprint density at radius 2 is 0.982 bits per heavy atom. The van der Waals surface area contributed by atoms with E-state index < -0.39 is 0 Å². The number of rotatable bonds is 5. The van der Waals surface area contributed by atoms with Crippen molar-refractivity contribution in [3.05, 3.63) is 116 Å². The number of hydrogen-bond donors (Lipinski definition) is 0. The van der Waals surface area contributed by atoms with Gasteiger partial charge >= 0.3 is 0 Å². The molecular formula is C48H49N7. The molecule has 7 nitrogen and oxygen atoms in total. The molecule has 0 N–H and O–H groups in total. The van der Waals surface area contributed by atoms with Crippen LogP contribution in [-0.4, -0.2) is 48.4 Å². The Labute approximate surface area is 324 Å². The molecule has 0 fully saturated rings. The molecule has 2 aliphatic rings. The maximum atomic E-state index is 5.02. The molecule has 3 aromatic heterocycles. The van der Waals surface area contributed by atoms with E-state index >= 15 is 0 Å². The lowest BCUT2D eigenvalue weighted by atomic mass is 9.83. The number of benzene rings is 4. The average molecular weight is 724 g/mol. The molecule has 0 unspecified atom stereocenters. The van der Waals surface area contributed by atoms with Gasteiger partial charge in [-0.15, -0.1) is 0 Å². The third kappa shape index (κ3) is 5.15. The maximum absolute atomic E-state index is 5.02. The van der Waals surface area contributed by atoms with Crippen molar-refractivity contribution in [2.75, 3.05) is 9.80 Å². The largest absolute Gasteiger partial charge is 0.321 e. The van der Waals surface area contributed by atoms with Gasteiger partial charge in [0.25, 0.3) is 0 Å². The van der Waals surface area contributed by atoms with E-state index in [9.17, 15) is 0 Å². The van der Waals surface area contributed by atoms with Crippen molar-refractivity contribution in [2.45, 2.75) is 91.4 Å². The smallest absolute Gasteiger partial charge is 0.102 e. The zero-order valence-corrected chi connectivity index (χ0v) is 33.6. The lowest BCUT2D eigenvalue weighted by molar-refractivity contribution is 0.338. The van der Waals surface area contributed by atoms with E-state index in [0.717, 1.165) is 56.8 Å². The number of aromatic nitrogens is 3. The molecule has 0 saturated heterocycles. The van der Waals surface area contributed by atoms with Crippen molar-refractivity contribution in [3.8, 4) is 28.2 Å². The first kappa shape index (κ1) is 34.9. The first-order chi connectivity index (χ1) is 26.1. The summed E-state index contributed by atoms with van der Waals surface area (Å²) in [6.07, 6.45) is 3.98. The minimum absolute atomic E-state index is 0.162. The number of amidine groups is 2. The number of para-hydroxylation sites is 1. The monoisotopic (exact) mass is 723 g/mol. The van der Waals surface area contributed by atoms with Gasteiger partial charge < -0.3 is 14.4 Å². The molecule has 55 heavy (non-hydrogen) atoms. The summed E-state index contributed by atoms with van der Waals surface area (Å²) in [7, 11) is 0. The summed E-state index contributed by atoms with van der Waals surface area (Å²) in [5.41, 5.74) is 8.91. The predicted octanol–water partition coefficient (Wildman–Crippen LogP) is 11.7. The molecule has 9 rings (SSSR count). The van der Waals surface area contributed by atoms with Crippen molar-refractivity contribution in [2.24, 2.45) is 9.98 Å². The molecule has 5 heterocycles. The van der Waals surface area contributed by atoms with Gasteiger partial charge in [0.05, 0.1) is 68.3 Å². The Kier molecular flexibility index (Phi) is 7.52.